The molecule has 0 aliphatic rings. The number of nitrogens with zero attached hydrogens (tertiary/aromatic N) is 2. The maximum absolute atomic E-state index is 12.6. The Morgan fingerprint density at radius 3 is 2.62 bits per heavy atom. The number of hydrogen-bond donors (Lipinski definition) is 1. The maximum Gasteiger partial charge on any atom is 0.237 e. The van der Waals surface area contributed by atoms with Crippen LogP contribution in [0.4, 0.5) is 5.69 Å². The number of hydrogen-bond acceptors (Lipinski definition) is 5. The molecule has 1 N–H and O–H groups in total. The average Bonchev–Trinajstić information content (AvgIpc) is 2.61. The molecule has 0 aliphatic heterocycles. The van der Waals surface area contributed by atoms with Crippen molar-refractivity contribution in [2.75, 3.05) is 5.32 Å². The molecule has 26 heavy (non-hydrogen) atoms. The summed E-state index contributed by atoms with van der Waals surface area (Å²) in [5.74, 6) is 0.496. The van der Waals surface area contributed by atoms with E-state index in [4.69, 9.17) is 0 Å². The number of aromatic nitrogens is 2. The number of carbonyl (C=O) groups excluding carboxylic acids is 2. The van der Waals surface area contributed by atoms with E-state index in [1.54, 1.807) is 24.3 Å². The van der Waals surface area contributed by atoms with Crippen molar-refractivity contribution >= 4 is 40.0 Å². The number of para-hydroxylation sites is 1. The first-order valence-electron chi connectivity index (χ1n) is 8.26. The second kappa shape index (κ2) is 7.66. The minimum atomic E-state index is -0.353. The summed E-state index contributed by atoms with van der Waals surface area (Å²) >= 11 is 1.39. The molecule has 1 atom stereocenters. The summed E-state index contributed by atoms with van der Waals surface area (Å²) in [5, 5.41) is 4.23. The van der Waals surface area contributed by atoms with Gasteiger partial charge in [-0.3, -0.25) is 9.59 Å². The number of amides is 1. The summed E-state index contributed by atoms with van der Waals surface area (Å²) in [4.78, 5) is 33.0. The Bertz CT molecular complexity index is 988. The van der Waals surface area contributed by atoms with Crippen molar-refractivity contribution < 1.29 is 9.59 Å². The van der Waals surface area contributed by atoms with Gasteiger partial charge < -0.3 is 5.32 Å². The van der Waals surface area contributed by atoms with E-state index in [1.807, 2.05) is 38.1 Å². The van der Waals surface area contributed by atoms with Gasteiger partial charge in [-0.25, -0.2) is 9.97 Å². The SMILES string of the molecule is CC(=O)c1cccc(NC(=O)C(C)Sc2nc(C)nc3ccccc23)c1. The predicted octanol–water partition coefficient (Wildman–Crippen LogP) is 4.26. The molecule has 1 heterocycles. The summed E-state index contributed by atoms with van der Waals surface area (Å²) in [7, 11) is 0. The second-order valence-corrected chi connectivity index (χ2v) is 7.31. The van der Waals surface area contributed by atoms with E-state index in [0.717, 1.165) is 15.9 Å². The second-order valence-electron chi connectivity index (χ2n) is 5.98. The summed E-state index contributed by atoms with van der Waals surface area (Å²) < 4.78 is 0. The van der Waals surface area contributed by atoms with E-state index >= 15 is 0 Å². The first kappa shape index (κ1) is 18.1. The van der Waals surface area contributed by atoms with E-state index in [-0.39, 0.29) is 16.9 Å². The van der Waals surface area contributed by atoms with Gasteiger partial charge in [-0.05, 0) is 39.0 Å². The van der Waals surface area contributed by atoms with Gasteiger partial charge in [-0.2, -0.15) is 0 Å². The number of anilines is 1. The molecule has 0 aliphatic carbocycles. The molecule has 0 spiro atoms. The maximum atomic E-state index is 12.6. The molecule has 6 heteroatoms. The molecular formula is C20H19N3O2S. The van der Waals surface area contributed by atoms with Crippen LogP contribution < -0.4 is 5.32 Å². The van der Waals surface area contributed by atoms with E-state index in [2.05, 4.69) is 15.3 Å². The fourth-order valence-corrected chi connectivity index (χ4v) is 3.51. The summed E-state index contributed by atoms with van der Waals surface area (Å²) in [6, 6.07) is 14.7. The van der Waals surface area contributed by atoms with Crippen molar-refractivity contribution in [2.45, 2.75) is 31.0 Å². The third kappa shape index (κ3) is 4.08. The first-order chi connectivity index (χ1) is 12.4. The topological polar surface area (TPSA) is 72.0 Å². The Morgan fingerprint density at radius 1 is 1.08 bits per heavy atom. The number of ketones is 1. The van der Waals surface area contributed by atoms with Crippen molar-refractivity contribution in [1.29, 1.82) is 0 Å². The van der Waals surface area contributed by atoms with Gasteiger partial charge in [0.15, 0.2) is 5.78 Å². The van der Waals surface area contributed by atoms with Crippen LogP contribution >= 0.6 is 11.8 Å². The minimum Gasteiger partial charge on any atom is -0.325 e. The fourth-order valence-electron chi connectivity index (χ4n) is 2.53. The lowest BCUT2D eigenvalue weighted by molar-refractivity contribution is -0.115. The van der Waals surface area contributed by atoms with E-state index in [1.165, 1.54) is 18.7 Å². The molecule has 0 saturated carbocycles. The van der Waals surface area contributed by atoms with Crippen molar-refractivity contribution in [3.63, 3.8) is 0 Å². The molecule has 5 nitrogen and oxygen atoms in total. The van der Waals surface area contributed by atoms with Gasteiger partial charge in [-0.15, -0.1) is 0 Å². The summed E-state index contributed by atoms with van der Waals surface area (Å²) in [6.45, 7) is 5.18. The number of Topliss-reactive ketones (excluding diaryl/α,β-unsaturated/α-hetero) is 1. The van der Waals surface area contributed by atoms with Gasteiger partial charge in [0.2, 0.25) is 5.91 Å². The number of fused-ring (bicyclic) bond motifs is 1. The molecule has 2 aromatic carbocycles. The van der Waals surface area contributed by atoms with Crippen molar-refractivity contribution in [3.05, 3.63) is 59.9 Å². The van der Waals surface area contributed by atoms with Gasteiger partial charge in [0, 0.05) is 16.6 Å². The highest BCUT2D eigenvalue weighted by atomic mass is 32.2. The fraction of sp³-hybridized carbons (Fsp3) is 0.200. The zero-order valence-electron chi connectivity index (χ0n) is 14.8. The monoisotopic (exact) mass is 365 g/mol. The number of carbonyl (C=O) groups is 2. The van der Waals surface area contributed by atoms with Crippen molar-refractivity contribution in [3.8, 4) is 0 Å². The number of nitrogens with one attached hydrogen (secondary N) is 1. The lowest BCUT2D eigenvalue weighted by atomic mass is 10.1. The Labute approximate surface area is 156 Å². The number of rotatable bonds is 5. The zero-order chi connectivity index (χ0) is 18.7. The summed E-state index contributed by atoms with van der Waals surface area (Å²) in [6.07, 6.45) is 0. The van der Waals surface area contributed by atoms with Crippen LogP contribution in [-0.2, 0) is 4.79 Å². The molecule has 1 unspecified atom stereocenters. The van der Waals surface area contributed by atoms with Crippen LogP contribution in [0, 0.1) is 6.92 Å². The lowest BCUT2D eigenvalue weighted by Gasteiger charge is -2.13. The van der Waals surface area contributed by atoms with Crippen LogP contribution in [0.3, 0.4) is 0 Å². The number of aryl methyl sites for hydroxylation is 1. The molecule has 132 valence electrons. The van der Waals surface area contributed by atoms with Crippen LogP contribution in [0.5, 0.6) is 0 Å². The zero-order valence-corrected chi connectivity index (χ0v) is 15.6. The predicted molar refractivity (Wildman–Crippen MR) is 105 cm³/mol. The molecule has 1 aromatic heterocycles. The van der Waals surface area contributed by atoms with Crippen LogP contribution in [0.15, 0.2) is 53.6 Å². The quantitative estimate of drug-likeness (QED) is 0.415. The highest BCUT2D eigenvalue weighted by molar-refractivity contribution is 8.00. The van der Waals surface area contributed by atoms with Crippen LogP contribution in [-0.4, -0.2) is 26.9 Å². The first-order valence-corrected chi connectivity index (χ1v) is 9.14. The van der Waals surface area contributed by atoms with Gasteiger partial charge >= 0.3 is 0 Å². The van der Waals surface area contributed by atoms with Gasteiger partial charge in [-0.1, -0.05) is 42.1 Å². The average molecular weight is 365 g/mol. The number of thioether (sulfide) groups is 1. The Balaban J connectivity index is 1.78. The molecule has 1 amide bonds. The molecule has 0 fully saturated rings. The van der Waals surface area contributed by atoms with Crippen LogP contribution in [0.1, 0.15) is 30.0 Å². The highest BCUT2D eigenvalue weighted by Crippen LogP contribution is 2.29. The molecule has 3 aromatic rings. The van der Waals surface area contributed by atoms with E-state index in [9.17, 15) is 9.59 Å². The Kier molecular flexibility index (Phi) is 5.32. The van der Waals surface area contributed by atoms with Gasteiger partial charge in [0.25, 0.3) is 0 Å². The van der Waals surface area contributed by atoms with Crippen molar-refractivity contribution in [1.82, 2.24) is 9.97 Å². The van der Waals surface area contributed by atoms with Crippen LogP contribution in [0.25, 0.3) is 10.9 Å². The summed E-state index contributed by atoms with van der Waals surface area (Å²) in [5.41, 5.74) is 2.05. The Hall–Kier alpha value is -2.73. The van der Waals surface area contributed by atoms with Gasteiger partial charge in [0.1, 0.15) is 10.9 Å². The highest BCUT2D eigenvalue weighted by Gasteiger charge is 2.18. The molecular weight excluding hydrogens is 346 g/mol. The lowest BCUT2D eigenvalue weighted by Crippen LogP contribution is -2.22. The minimum absolute atomic E-state index is 0.0357. The third-order valence-electron chi connectivity index (χ3n) is 3.87. The van der Waals surface area contributed by atoms with E-state index in [0.29, 0.717) is 17.1 Å². The smallest absolute Gasteiger partial charge is 0.237 e. The standard InChI is InChI=1S/C20H19N3O2S/c1-12(24)15-7-6-8-16(11-15)23-19(25)13(2)26-20-17-9-4-5-10-18(17)21-14(3)22-20/h4-11,13H,1-3H3,(H,23,25). The van der Waals surface area contributed by atoms with Gasteiger partial charge in [0.05, 0.1) is 10.8 Å². The third-order valence-corrected chi connectivity index (χ3v) is 4.98. The van der Waals surface area contributed by atoms with E-state index < -0.39 is 0 Å². The molecule has 3 rings (SSSR count). The molecule has 0 bridgehead atoms. The largest absolute Gasteiger partial charge is 0.325 e. The Morgan fingerprint density at radius 2 is 1.85 bits per heavy atom. The molecule has 0 radical (unpaired) electrons. The van der Waals surface area contributed by atoms with Crippen molar-refractivity contribution in [2.24, 2.45) is 0 Å². The molecule has 0 saturated heterocycles. The van der Waals surface area contributed by atoms with Crippen LogP contribution in [0.2, 0.25) is 0 Å². The normalized spacial score (nSPS) is 12.0. The number of benzene rings is 2.